The average Bonchev–Trinajstić information content (AvgIpc) is 3.13. The molecule has 1 aliphatic heterocycles. The van der Waals surface area contributed by atoms with Gasteiger partial charge in [-0.3, -0.25) is 4.99 Å². The Kier molecular flexibility index (Phi) is 10.1. The maximum absolute atomic E-state index is 4.27. The van der Waals surface area contributed by atoms with E-state index in [1.807, 2.05) is 18.4 Å². The maximum Gasteiger partial charge on any atom is 0.191 e. The number of nitrogens with one attached hydrogen (secondary N) is 2. The third kappa shape index (κ3) is 7.28. The van der Waals surface area contributed by atoms with Crippen molar-refractivity contribution < 1.29 is 0 Å². The molecular weight excluding hydrogens is 407 g/mol. The summed E-state index contributed by atoms with van der Waals surface area (Å²) in [4.78, 5) is 9.56. The van der Waals surface area contributed by atoms with Crippen molar-refractivity contribution in [2.75, 3.05) is 33.2 Å². The predicted molar refractivity (Wildman–Crippen MR) is 108 cm³/mol. The molecule has 1 aliphatic rings. The van der Waals surface area contributed by atoms with E-state index in [2.05, 4.69) is 39.6 Å². The first-order chi connectivity index (χ1) is 10.3. The second-order valence-electron chi connectivity index (χ2n) is 5.62. The highest BCUT2D eigenvalue weighted by atomic mass is 127. The first kappa shape index (κ1) is 19.7. The summed E-state index contributed by atoms with van der Waals surface area (Å²) < 4.78 is 0. The zero-order chi connectivity index (χ0) is 14.9. The molecule has 6 heteroatoms. The molecule has 0 atom stereocenters. The minimum atomic E-state index is 0. The lowest BCUT2D eigenvalue weighted by Crippen LogP contribution is -2.37. The molecule has 0 spiro atoms. The molecule has 0 aliphatic carbocycles. The van der Waals surface area contributed by atoms with Crippen molar-refractivity contribution in [2.24, 2.45) is 4.99 Å². The molecule has 0 aromatic carbocycles. The van der Waals surface area contributed by atoms with Crippen LogP contribution in [-0.2, 0) is 6.54 Å². The van der Waals surface area contributed by atoms with Gasteiger partial charge in [-0.15, -0.1) is 35.3 Å². The van der Waals surface area contributed by atoms with Gasteiger partial charge in [0.25, 0.3) is 0 Å². The van der Waals surface area contributed by atoms with Crippen LogP contribution in [0.15, 0.2) is 17.1 Å². The zero-order valence-corrected chi connectivity index (χ0v) is 16.9. The van der Waals surface area contributed by atoms with Gasteiger partial charge in [-0.2, -0.15) is 0 Å². The topological polar surface area (TPSA) is 39.7 Å². The quantitative estimate of drug-likeness (QED) is 0.299. The minimum Gasteiger partial charge on any atom is -0.356 e. The lowest BCUT2D eigenvalue weighted by molar-refractivity contribution is 0.330. The summed E-state index contributed by atoms with van der Waals surface area (Å²) in [7, 11) is 1.83. The van der Waals surface area contributed by atoms with E-state index in [1.54, 1.807) is 0 Å². The van der Waals surface area contributed by atoms with Gasteiger partial charge in [0.05, 0.1) is 6.54 Å². The Hall–Kier alpha value is -0.340. The monoisotopic (exact) mass is 436 g/mol. The summed E-state index contributed by atoms with van der Waals surface area (Å²) in [6.07, 6.45) is 5.25. The number of rotatable bonds is 7. The van der Waals surface area contributed by atoms with Crippen LogP contribution in [0.4, 0.5) is 0 Å². The van der Waals surface area contributed by atoms with Crippen LogP contribution >= 0.6 is 35.3 Å². The third-order valence-electron chi connectivity index (χ3n) is 3.84. The zero-order valence-electron chi connectivity index (χ0n) is 13.7. The molecule has 1 saturated heterocycles. The van der Waals surface area contributed by atoms with Gasteiger partial charge >= 0.3 is 0 Å². The Balaban J connectivity index is 0.00000242. The Bertz CT molecular complexity index is 441. The van der Waals surface area contributed by atoms with E-state index in [9.17, 15) is 0 Å². The van der Waals surface area contributed by atoms with Crippen molar-refractivity contribution in [1.29, 1.82) is 0 Å². The average molecular weight is 436 g/mol. The fraction of sp³-hybridized carbons (Fsp3) is 0.688. The Morgan fingerprint density at radius 2 is 2.00 bits per heavy atom. The molecule has 2 N–H and O–H groups in total. The number of aliphatic imine (C=N–C) groups is 1. The van der Waals surface area contributed by atoms with Crippen LogP contribution in [0.5, 0.6) is 0 Å². The van der Waals surface area contributed by atoms with Crippen LogP contribution in [0.2, 0.25) is 0 Å². The molecule has 2 heterocycles. The molecule has 2 rings (SSSR count). The highest BCUT2D eigenvalue weighted by Crippen LogP contribution is 2.14. The number of halogens is 1. The third-order valence-corrected chi connectivity index (χ3v) is 4.84. The van der Waals surface area contributed by atoms with Gasteiger partial charge in [-0.1, -0.05) is 0 Å². The first-order valence-corrected chi connectivity index (χ1v) is 8.82. The van der Waals surface area contributed by atoms with E-state index in [4.69, 9.17) is 0 Å². The Labute approximate surface area is 155 Å². The number of nitrogens with zero attached hydrogens (tertiary/aromatic N) is 2. The standard InChI is InChI=1S/C16H28N4S.HI/c1-14-7-8-15(21-14)13-19-16(17-2)18-9-3-4-10-20-11-5-6-12-20;/h7-8H,3-6,9-13H2,1-2H3,(H2,17,18,19);1H. The van der Waals surface area contributed by atoms with Gasteiger partial charge in [0.2, 0.25) is 0 Å². The van der Waals surface area contributed by atoms with Crippen molar-refractivity contribution in [1.82, 2.24) is 15.5 Å². The van der Waals surface area contributed by atoms with Crippen molar-refractivity contribution in [2.45, 2.75) is 39.2 Å². The molecule has 1 fully saturated rings. The smallest absolute Gasteiger partial charge is 0.191 e. The maximum atomic E-state index is 4.27. The number of likely N-dealkylation sites (tertiary alicyclic amines) is 1. The lowest BCUT2D eigenvalue weighted by atomic mass is 10.3. The number of aryl methyl sites for hydroxylation is 1. The van der Waals surface area contributed by atoms with Crippen LogP contribution in [0, 0.1) is 6.92 Å². The van der Waals surface area contributed by atoms with Crippen LogP contribution in [-0.4, -0.2) is 44.1 Å². The summed E-state index contributed by atoms with van der Waals surface area (Å²) in [5, 5.41) is 6.77. The lowest BCUT2D eigenvalue weighted by Gasteiger charge is -2.15. The summed E-state index contributed by atoms with van der Waals surface area (Å²) in [6, 6.07) is 4.34. The normalized spacial score (nSPS) is 15.6. The van der Waals surface area contributed by atoms with Crippen LogP contribution in [0.1, 0.15) is 35.4 Å². The molecule has 0 radical (unpaired) electrons. The Morgan fingerprint density at radius 1 is 1.23 bits per heavy atom. The van der Waals surface area contributed by atoms with Crippen molar-refractivity contribution in [3.8, 4) is 0 Å². The van der Waals surface area contributed by atoms with Gasteiger partial charge < -0.3 is 15.5 Å². The van der Waals surface area contributed by atoms with E-state index >= 15 is 0 Å². The van der Waals surface area contributed by atoms with Gasteiger partial charge in [-0.25, -0.2) is 0 Å². The number of unbranched alkanes of at least 4 members (excludes halogenated alkanes) is 1. The largest absolute Gasteiger partial charge is 0.356 e. The van der Waals surface area contributed by atoms with Gasteiger partial charge in [0.1, 0.15) is 0 Å². The van der Waals surface area contributed by atoms with Gasteiger partial charge in [0.15, 0.2) is 5.96 Å². The molecule has 4 nitrogen and oxygen atoms in total. The highest BCUT2D eigenvalue weighted by molar-refractivity contribution is 14.0. The second kappa shape index (κ2) is 11.2. The number of hydrogen-bond acceptors (Lipinski definition) is 3. The summed E-state index contributed by atoms with van der Waals surface area (Å²) in [5.74, 6) is 0.905. The summed E-state index contributed by atoms with van der Waals surface area (Å²) in [6.45, 7) is 7.85. The molecule has 22 heavy (non-hydrogen) atoms. The van der Waals surface area contributed by atoms with E-state index in [0.717, 1.165) is 19.0 Å². The fourth-order valence-corrected chi connectivity index (χ4v) is 3.48. The van der Waals surface area contributed by atoms with Crippen LogP contribution in [0.3, 0.4) is 0 Å². The van der Waals surface area contributed by atoms with Crippen molar-refractivity contribution in [3.05, 3.63) is 21.9 Å². The highest BCUT2D eigenvalue weighted by Gasteiger charge is 2.10. The van der Waals surface area contributed by atoms with E-state index in [1.165, 1.54) is 55.1 Å². The van der Waals surface area contributed by atoms with Crippen molar-refractivity contribution >= 4 is 41.3 Å². The van der Waals surface area contributed by atoms with E-state index in [-0.39, 0.29) is 24.0 Å². The van der Waals surface area contributed by atoms with Gasteiger partial charge in [0, 0.05) is 23.3 Å². The summed E-state index contributed by atoms with van der Waals surface area (Å²) in [5.41, 5.74) is 0. The number of hydrogen-bond donors (Lipinski definition) is 2. The van der Waals surface area contributed by atoms with Gasteiger partial charge in [-0.05, 0) is 64.4 Å². The molecule has 0 bridgehead atoms. The minimum absolute atomic E-state index is 0. The Morgan fingerprint density at radius 3 is 2.64 bits per heavy atom. The second-order valence-corrected chi connectivity index (χ2v) is 6.99. The predicted octanol–water partition coefficient (Wildman–Crippen LogP) is 3.22. The fourth-order valence-electron chi connectivity index (χ4n) is 2.65. The molecule has 0 saturated carbocycles. The molecule has 0 unspecified atom stereocenters. The molecular formula is C16H29IN4S. The molecule has 1 aromatic heterocycles. The molecule has 1 aromatic rings. The summed E-state index contributed by atoms with van der Waals surface area (Å²) >= 11 is 1.84. The van der Waals surface area contributed by atoms with E-state index in [0.29, 0.717) is 0 Å². The van der Waals surface area contributed by atoms with E-state index < -0.39 is 0 Å². The number of thiophene rings is 1. The first-order valence-electron chi connectivity index (χ1n) is 8.00. The van der Waals surface area contributed by atoms with Crippen LogP contribution < -0.4 is 10.6 Å². The van der Waals surface area contributed by atoms with Crippen LogP contribution in [0.25, 0.3) is 0 Å². The molecule has 126 valence electrons. The number of guanidine groups is 1. The SMILES string of the molecule is CN=C(NCCCCN1CCCC1)NCc1ccc(C)s1.I. The van der Waals surface area contributed by atoms with Crippen molar-refractivity contribution in [3.63, 3.8) is 0 Å². The molecule has 0 amide bonds.